The number of rotatable bonds is 3. The van der Waals surface area contributed by atoms with Crippen LogP contribution in [0, 0.1) is 0 Å². The van der Waals surface area contributed by atoms with Crippen molar-refractivity contribution in [2.24, 2.45) is 11.5 Å². The summed E-state index contributed by atoms with van der Waals surface area (Å²) in [4.78, 5) is 0. The monoisotopic (exact) mass is 397 g/mol. The minimum atomic E-state index is -1.12. The van der Waals surface area contributed by atoms with E-state index >= 15 is 0 Å². The third-order valence-electron chi connectivity index (χ3n) is 1.84. The van der Waals surface area contributed by atoms with Crippen molar-refractivity contribution in [2.75, 3.05) is 12.3 Å². The molecule has 0 aromatic carbocycles. The summed E-state index contributed by atoms with van der Waals surface area (Å²) in [5.74, 6) is 0. The van der Waals surface area contributed by atoms with Crippen molar-refractivity contribution in [1.29, 1.82) is 0 Å². The Kier molecular flexibility index (Phi) is 12.9. The van der Waals surface area contributed by atoms with Gasteiger partial charge in [-0.15, -0.1) is 0 Å². The van der Waals surface area contributed by atoms with Gasteiger partial charge in [-0.25, -0.2) is 0 Å². The number of nitrogens with two attached hydrogens (primary N) is 2. The average Bonchev–Trinajstić information content (AvgIpc) is 2.05. The van der Waals surface area contributed by atoms with Gasteiger partial charge in [-0.05, 0) is 12.3 Å². The molecule has 0 aliphatic carbocycles. The van der Waals surface area contributed by atoms with Crippen LogP contribution in [0.25, 0.3) is 0 Å². The van der Waals surface area contributed by atoms with Gasteiger partial charge < -0.3 is 11.5 Å². The van der Waals surface area contributed by atoms with E-state index in [1.165, 1.54) is 6.04 Å². The van der Waals surface area contributed by atoms with Gasteiger partial charge in [-0.2, -0.15) is 0 Å². The van der Waals surface area contributed by atoms with E-state index in [-0.39, 0.29) is 0 Å². The van der Waals surface area contributed by atoms with Gasteiger partial charge in [0.2, 0.25) is 0 Å². The molecule has 0 heterocycles. The third kappa shape index (κ3) is 9.32. The van der Waals surface area contributed by atoms with Gasteiger partial charge in [0.25, 0.3) is 0 Å². The molecule has 0 saturated heterocycles. The molecular weight excluding hydrogens is 382 g/mol. The van der Waals surface area contributed by atoms with Gasteiger partial charge >= 0.3 is 35.3 Å². The topological polar surface area (TPSA) is 52.0 Å². The summed E-state index contributed by atoms with van der Waals surface area (Å²) in [6.45, 7) is 4.42. The van der Waals surface area contributed by atoms with Crippen LogP contribution in [0.4, 0.5) is 0 Å². The Morgan fingerprint density at radius 3 is 1.55 bits per heavy atom. The molecule has 0 radical (unpaired) electrons. The second-order valence-corrected chi connectivity index (χ2v) is 11.0. The van der Waals surface area contributed by atoms with E-state index in [1.54, 1.807) is 0 Å². The molecule has 0 aromatic rings. The van der Waals surface area contributed by atoms with Crippen molar-refractivity contribution >= 4 is 26.9 Å². The summed E-state index contributed by atoms with van der Waals surface area (Å²) >= 11 is -0.472. The Bertz CT molecular complexity index is 74.6. The zero-order valence-corrected chi connectivity index (χ0v) is 11.6. The number of hydrogen-bond donors (Lipinski definition) is 2. The number of hydrogen-bond acceptors (Lipinski definition) is 2. The fourth-order valence-electron chi connectivity index (χ4n) is 0.372. The second-order valence-electron chi connectivity index (χ2n) is 2.62. The van der Waals surface area contributed by atoms with Crippen molar-refractivity contribution in [1.82, 2.24) is 0 Å². The van der Waals surface area contributed by atoms with Crippen molar-refractivity contribution in [3.05, 3.63) is 0 Å². The van der Waals surface area contributed by atoms with Crippen LogP contribution in [0.5, 0.6) is 0 Å². The Morgan fingerprint density at radius 1 is 1.27 bits per heavy atom. The van der Waals surface area contributed by atoms with E-state index in [0.717, 1.165) is 12.3 Å². The minimum absolute atomic E-state index is 0.472. The molecule has 2 nitrogen and oxygen atoms in total. The van der Waals surface area contributed by atoms with Crippen LogP contribution < -0.4 is 11.5 Å². The van der Waals surface area contributed by atoms with Crippen LogP contribution in [0.2, 0.25) is 12.6 Å². The van der Waals surface area contributed by atoms with Crippen LogP contribution in [0.15, 0.2) is 0 Å². The van der Waals surface area contributed by atoms with Gasteiger partial charge in [0, 0.05) is 0 Å². The molecule has 11 heavy (non-hydrogen) atoms. The molecule has 0 aliphatic heterocycles. The Hall–Kier alpha value is 1.41. The first-order valence-electron chi connectivity index (χ1n) is 3.32. The molecule has 0 saturated carbocycles. The first-order valence-corrected chi connectivity index (χ1v) is 12.1. The fourth-order valence-corrected chi connectivity index (χ4v) is 1.12. The molecule has 0 rings (SSSR count). The average molecular weight is 398 g/mol. The van der Waals surface area contributed by atoms with Crippen molar-refractivity contribution in [2.45, 2.75) is 19.5 Å². The first kappa shape index (κ1) is 14.9. The Balaban J connectivity index is 0. The van der Waals surface area contributed by atoms with Crippen LogP contribution in [-0.4, -0.2) is 20.4 Å². The summed E-state index contributed by atoms with van der Waals surface area (Å²) in [5.41, 5.74) is 11.0. The third-order valence-corrected chi connectivity index (χ3v) is 5.52. The fraction of sp³-hybridized carbons (Fsp3) is 1.00. The van der Waals surface area contributed by atoms with E-state index < -0.39 is 24.6 Å². The summed E-state index contributed by atoms with van der Waals surface area (Å²) < 4.78 is 0. The van der Waals surface area contributed by atoms with E-state index in [4.69, 9.17) is 30.3 Å². The molecular formula is C5H16Cl2N2PtSi. The number of halogens is 2. The van der Waals surface area contributed by atoms with Crippen LogP contribution in [0.1, 0.15) is 6.92 Å². The molecule has 6 heteroatoms. The van der Waals surface area contributed by atoms with Gasteiger partial charge in [-0.1, -0.05) is 19.5 Å². The van der Waals surface area contributed by atoms with E-state index in [1.807, 2.05) is 0 Å². The van der Waals surface area contributed by atoms with E-state index in [2.05, 4.69) is 13.5 Å². The maximum absolute atomic E-state index is 5.51. The van der Waals surface area contributed by atoms with Crippen molar-refractivity contribution < 1.29 is 16.5 Å². The van der Waals surface area contributed by atoms with Crippen molar-refractivity contribution in [3.8, 4) is 0 Å². The summed E-state index contributed by atoms with van der Waals surface area (Å²) in [6.07, 6.45) is 1.67. The summed E-state index contributed by atoms with van der Waals surface area (Å²) in [7, 11) is 8.63. The molecule has 0 aromatic heterocycles. The van der Waals surface area contributed by atoms with Crippen LogP contribution in [-0.2, 0) is 16.5 Å². The predicted molar refractivity (Wildman–Crippen MR) is 51.9 cm³/mol. The second kappa shape index (κ2) is 9.49. The van der Waals surface area contributed by atoms with Gasteiger partial charge in [0.15, 0.2) is 0 Å². The predicted octanol–water partition coefficient (Wildman–Crippen LogP) is 1.46. The maximum atomic E-state index is 5.51. The molecule has 0 unspecified atom stereocenters. The molecule has 0 atom stereocenters. The summed E-state index contributed by atoms with van der Waals surface area (Å²) in [5, 5.41) is 0. The molecule has 0 bridgehead atoms. The Morgan fingerprint density at radius 2 is 1.55 bits per heavy atom. The van der Waals surface area contributed by atoms with Crippen LogP contribution in [0.3, 0.4) is 0 Å². The Labute approximate surface area is 86.4 Å². The SMILES string of the molecule is CC[Si](C)(CN)CN.[Cl][Pt][Cl]. The molecule has 4 N–H and O–H groups in total. The molecule has 0 amide bonds. The zero-order chi connectivity index (χ0) is 9.33. The summed E-state index contributed by atoms with van der Waals surface area (Å²) in [6, 6.07) is 1.21. The first-order chi connectivity index (χ1) is 5.10. The van der Waals surface area contributed by atoms with Crippen molar-refractivity contribution in [3.63, 3.8) is 0 Å². The normalized spacial score (nSPS) is 10.7. The van der Waals surface area contributed by atoms with Gasteiger partial charge in [0.1, 0.15) is 0 Å². The zero-order valence-electron chi connectivity index (χ0n) is 6.85. The molecule has 74 valence electrons. The van der Waals surface area contributed by atoms with E-state index in [0.29, 0.717) is 0 Å². The quantitative estimate of drug-likeness (QED) is 0.708. The van der Waals surface area contributed by atoms with Crippen LogP contribution >= 0.6 is 18.8 Å². The molecule has 0 aliphatic rings. The molecule has 0 fully saturated rings. The van der Waals surface area contributed by atoms with Gasteiger partial charge in [0.05, 0.1) is 8.07 Å². The van der Waals surface area contributed by atoms with E-state index in [9.17, 15) is 0 Å². The standard InChI is InChI=1S/C5H16N2Si.2ClH.Pt/c1-3-8(2,4-6)5-7;;;/h3-7H2,1-2H3;2*1H;/q;;;+2/p-2. The van der Waals surface area contributed by atoms with Gasteiger partial charge in [-0.3, -0.25) is 0 Å². The molecule has 0 spiro atoms.